The molecule has 0 atom stereocenters. The third-order valence-electron chi connectivity index (χ3n) is 13.8. The molecule has 1 heteroatoms. The van der Waals surface area contributed by atoms with Gasteiger partial charge in [-0.15, -0.1) is 0 Å². The topological polar surface area (TPSA) is 4.93 Å². The second-order valence-corrected chi connectivity index (χ2v) is 19.2. The molecular formula is C69H69N. The highest BCUT2D eigenvalue weighted by molar-refractivity contribution is 5.79. The fourth-order valence-corrected chi connectivity index (χ4v) is 9.81. The summed E-state index contributed by atoms with van der Waals surface area (Å²) in [6.45, 7) is 13.0. The zero-order chi connectivity index (χ0) is 48.8. The maximum absolute atomic E-state index is 2.28. The average Bonchev–Trinajstić information content (AvgIpc) is 4.25. The number of allylic oxidation sites excluding steroid dienone is 7. The first kappa shape index (κ1) is 49.0. The standard InChI is InChI=1S/6C10H10.C9H9N/c2*1-8-4-2-5-9-6-3-7-10(8)9;2*1-8-5-6-9-3-2-4-10(9)7-8;1-8-6-9-4-2-3-5-10(9)7-8;1-8-6-7-9-4-2-3-5-10(8)9;1-10-7-6-8-4-2-3-5-9(8)10/h2-5,7H,6H2,1H3;2-6H,7H2,1H3;2,4-7H,3H2,1H3;2-3,5-7H,4H2,1H3;2*2-6H,7H2,1H3;2-7H,1H3. The molecule has 14 rings (SSSR count). The number of aryl methyl sites for hydroxylation is 5. The van der Waals surface area contributed by atoms with Crippen molar-refractivity contribution in [1.82, 2.24) is 4.57 Å². The van der Waals surface area contributed by atoms with Gasteiger partial charge in [0.15, 0.2) is 0 Å². The number of benzene rings is 7. The summed E-state index contributed by atoms with van der Waals surface area (Å²) in [5, 5.41) is 1.31. The molecule has 0 N–H and O–H groups in total. The van der Waals surface area contributed by atoms with Crippen molar-refractivity contribution in [2.24, 2.45) is 7.05 Å². The van der Waals surface area contributed by atoms with Crippen molar-refractivity contribution in [3.8, 4) is 0 Å². The summed E-state index contributed by atoms with van der Waals surface area (Å²) in [5.41, 5.74) is 27.0. The summed E-state index contributed by atoms with van der Waals surface area (Å²) in [5.74, 6) is 0. The number of hydrogen-bond acceptors (Lipinski definition) is 0. The molecule has 7 aromatic carbocycles. The molecule has 0 saturated heterocycles. The predicted molar refractivity (Wildman–Crippen MR) is 306 cm³/mol. The molecule has 1 heterocycles. The fourth-order valence-electron chi connectivity index (χ4n) is 9.81. The summed E-state index contributed by atoms with van der Waals surface area (Å²) in [6, 6.07) is 53.8. The Morgan fingerprint density at radius 3 is 1.84 bits per heavy atom. The van der Waals surface area contributed by atoms with E-state index < -0.39 is 0 Å². The molecule has 0 saturated carbocycles. The lowest BCUT2D eigenvalue weighted by molar-refractivity contribution is 0.969. The van der Waals surface area contributed by atoms with Gasteiger partial charge in [0.05, 0.1) is 0 Å². The monoisotopic (exact) mass is 912 g/mol. The lowest BCUT2D eigenvalue weighted by Gasteiger charge is -2.00. The molecular weight excluding hydrogens is 843 g/mol. The number of para-hydroxylation sites is 1. The van der Waals surface area contributed by atoms with Crippen LogP contribution in [-0.2, 0) is 45.6 Å². The maximum atomic E-state index is 2.28. The van der Waals surface area contributed by atoms with Crippen molar-refractivity contribution in [3.05, 3.63) is 283 Å². The third-order valence-corrected chi connectivity index (χ3v) is 13.8. The third kappa shape index (κ3) is 12.8. The van der Waals surface area contributed by atoms with Crippen LogP contribution in [-0.4, -0.2) is 4.57 Å². The highest BCUT2D eigenvalue weighted by Gasteiger charge is 2.09. The molecule has 70 heavy (non-hydrogen) atoms. The van der Waals surface area contributed by atoms with Crippen LogP contribution in [0.5, 0.6) is 0 Å². The Balaban J connectivity index is 0.000000110. The van der Waals surface area contributed by atoms with E-state index in [0.717, 1.165) is 38.5 Å². The van der Waals surface area contributed by atoms with Crippen molar-refractivity contribution >= 4 is 46.9 Å². The molecule has 1 aromatic heterocycles. The maximum Gasteiger partial charge on any atom is 0.0477 e. The molecule has 6 aliphatic carbocycles. The van der Waals surface area contributed by atoms with Crippen molar-refractivity contribution < 1.29 is 0 Å². The number of fused-ring (bicyclic) bond motifs is 7. The zero-order valence-corrected chi connectivity index (χ0v) is 42.5. The summed E-state index contributed by atoms with van der Waals surface area (Å²) < 4.78 is 2.12. The SMILES string of the molecule is CC1=CCc2ccccc21.CC1=Cc2ccccc2C1.Cc1ccc2c(c1)C=CC2.Cc1ccc2c(c1)CC=C2.Cc1cccc2c1C=CC2.Cc1cccc2c1CC=C2.Cn1ccc2ccccc21. The first-order chi connectivity index (χ1) is 34.1. The van der Waals surface area contributed by atoms with Gasteiger partial charge in [-0.3, -0.25) is 0 Å². The van der Waals surface area contributed by atoms with Crippen molar-refractivity contribution in [2.45, 2.75) is 80.1 Å². The van der Waals surface area contributed by atoms with Crippen molar-refractivity contribution in [3.63, 3.8) is 0 Å². The van der Waals surface area contributed by atoms with Crippen LogP contribution in [0.2, 0.25) is 0 Å². The van der Waals surface area contributed by atoms with Gasteiger partial charge in [-0.05, 0) is 181 Å². The molecule has 0 fully saturated rings. The van der Waals surface area contributed by atoms with E-state index in [-0.39, 0.29) is 0 Å². The molecule has 6 aliphatic rings. The highest BCUT2D eigenvalue weighted by Crippen LogP contribution is 2.27. The van der Waals surface area contributed by atoms with Gasteiger partial charge in [0.25, 0.3) is 0 Å². The van der Waals surface area contributed by atoms with Gasteiger partial charge < -0.3 is 4.57 Å². The first-order valence-corrected chi connectivity index (χ1v) is 25.1. The predicted octanol–water partition coefficient (Wildman–Crippen LogP) is 17.7. The van der Waals surface area contributed by atoms with Gasteiger partial charge in [-0.2, -0.15) is 0 Å². The molecule has 0 amide bonds. The van der Waals surface area contributed by atoms with Crippen LogP contribution in [0.4, 0.5) is 0 Å². The largest absolute Gasteiger partial charge is 0.351 e. The van der Waals surface area contributed by atoms with Gasteiger partial charge in [0, 0.05) is 18.8 Å². The smallest absolute Gasteiger partial charge is 0.0477 e. The lowest BCUT2D eigenvalue weighted by Crippen LogP contribution is -1.84. The molecule has 1 nitrogen and oxygen atoms in total. The van der Waals surface area contributed by atoms with E-state index in [1.54, 1.807) is 0 Å². The summed E-state index contributed by atoms with van der Waals surface area (Å²) >= 11 is 0. The average molecular weight is 912 g/mol. The molecule has 0 bridgehead atoms. The van der Waals surface area contributed by atoms with Crippen LogP contribution >= 0.6 is 0 Å². The Hall–Kier alpha value is -7.48. The molecule has 0 unspecified atom stereocenters. The van der Waals surface area contributed by atoms with Crippen LogP contribution < -0.4 is 0 Å². The fraction of sp³-hybridized carbons (Fsp3) is 0.188. The van der Waals surface area contributed by atoms with Crippen LogP contribution in [0, 0.1) is 27.7 Å². The van der Waals surface area contributed by atoms with E-state index in [0.29, 0.717) is 0 Å². The van der Waals surface area contributed by atoms with Crippen LogP contribution in [0.3, 0.4) is 0 Å². The van der Waals surface area contributed by atoms with Gasteiger partial charge >= 0.3 is 0 Å². The number of aromatic nitrogens is 1. The normalized spacial score (nSPS) is 13.5. The van der Waals surface area contributed by atoms with Crippen LogP contribution in [0.1, 0.15) is 103 Å². The minimum atomic E-state index is 1.12. The number of nitrogens with zero attached hydrogens (tertiary/aromatic N) is 1. The summed E-state index contributed by atoms with van der Waals surface area (Å²) in [4.78, 5) is 0. The van der Waals surface area contributed by atoms with Gasteiger partial charge in [0.1, 0.15) is 0 Å². The molecule has 0 radical (unpaired) electrons. The second kappa shape index (κ2) is 23.7. The number of rotatable bonds is 0. The van der Waals surface area contributed by atoms with E-state index in [9.17, 15) is 0 Å². The van der Waals surface area contributed by atoms with E-state index in [1.165, 1.54) is 111 Å². The Kier molecular flexibility index (Phi) is 16.6. The minimum Gasteiger partial charge on any atom is -0.351 e. The molecule has 350 valence electrons. The van der Waals surface area contributed by atoms with Crippen molar-refractivity contribution in [2.75, 3.05) is 0 Å². The van der Waals surface area contributed by atoms with E-state index >= 15 is 0 Å². The Morgan fingerprint density at radius 2 is 1.04 bits per heavy atom. The number of hydrogen-bond donors (Lipinski definition) is 0. The first-order valence-electron chi connectivity index (χ1n) is 25.1. The van der Waals surface area contributed by atoms with E-state index in [4.69, 9.17) is 0 Å². The molecule has 0 aliphatic heterocycles. The van der Waals surface area contributed by atoms with E-state index in [1.807, 2.05) is 0 Å². The minimum absolute atomic E-state index is 1.12. The summed E-state index contributed by atoms with van der Waals surface area (Å²) in [6.07, 6.45) is 31.0. The highest BCUT2D eigenvalue weighted by atomic mass is 14.9. The Morgan fingerprint density at radius 1 is 0.414 bits per heavy atom. The molecule has 8 aromatic rings. The Labute approximate surface area is 419 Å². The van der Waals surface area contributed by atoms with Gasteiger partial charge in [-0.25, -0.2) is 0 Å². The molecule has 0 spiro atoms. The van der Waals surface area contributed by atoms with Crippen LogP contribution in [0.15, 0.2) is 194 Å². The lowest BCUT2D eigenvalue weighted by atomic mass is 10.0. The van der Waals surface area contributed by atoms with Crippen LogP contribution in [0.25, 0.3) is 46.9 Å². The van der Waals surface area contributed by atoms with Gasteiger partial charge in [0.2, 0.25) is 0 Å². The van der Waals surface area contributed by atoms with E-state index in [2.05, 4.69) is 272 Å². The zero-order valence-electron chi connectivity index (χ0n) is 42.5. The van der Waals surface area contributed by atoms with Crippen molar-refractivity contribution in [1.29, 1.82) is 0 Å². The quantitative estimate of drug-likeness (QED) is 0.143. The van der Waals surface area contributed by atoms with Gasteiger partial charge in [-0.1, -0.05) is 217 Å². The Bertz CT molecular complexity index is 3280. The second-order valence-electron chi connectivity index (χ2n) is 19.2. The summed E-state index contributed by atoms with van der Waals surface area (Å²) in [7, 11) is 2.06.